The van der Waals surface area contributed by atoms with Crippen molar-refractivity contribution in [3.8, 4) is 5.75 Å². The van der Waals surface area contributed by atoms with E-state index < -0.39 is 0 Å². The molecule has 0 saturated heterocycles. The molecule has 0 aromatic heterocycles. The van der Waals surface area contributed by atoms with Gasteiger partial charge in [-0.05, 0) is 23.6 Å². The number of amidine groups is 1. The number of hydrogen-bond donors (Lipinski definition) is 2. The molecule has 0 bridgehead atoms. The lowest BCUT2D eigenvalue weighted by Crippen LogP contribution is -2.30. The van der Waals surface area contributed by atoms with E-state index in [1.54, 1.807) is 14.2 Å². The van der Waals surface area contributed by atoms with E-state index in [2.05, 4.69) is 18.7 Å². The van der Waals surface area contributed by atoms with Crippen LogP contribution < -0.4 is 10.5 Å². The number of rotatable bonds is 9. The molecule has 0 unspecified atom stereocenters. The first-order valence-electron chi connectivity index (χ1n) is 7.20. The minimum Gasteiger partial charge on any atom is -0.496 e. The van der Waals surface area contributed by atoms with Gasteiger partial charge in [-0.25, -0.2) is 0 Å². The van der Waals surface area contributed by atoms with Crippen molar-refractivity contribution in [2.24, 2.45) is 11.7 Å². The summed E-state index contributed by atoms with van der Waals surface area (Å²) in [4.78, 5) is 2.36. The monoisotopic (exact) mass is 293 g/mol. The van der Waals surface area contributed by atoms with Crippen LogP contribution in [0.25, 0.3) is 0 Å². The molecule has 118 valence electrons. The lowest BCUT2D eigenvalue weighted by atomic mass is 10.1. The molecule has 21 heavy (non-hydrogen) atoms. The van der Waals surface area contributed by atoms with Crippen LogP contribution in [-0.2, 0) is 11.3 Å². The minimum absolute atomic E-state index is 0.0248. The Morgan fingerprint density at radius 1 is 1.33 bits per heavy atom. The Kier molecular flexibility index (Phi) is 7.19. The van der Waals surface area contributed by atoms with Crippen LogP contribution in [0.4, 0.5) is 0 Å². The highest BCUT2D eigenvalue weighted by molar-refractivity contribution is 5.97. The van der Waals surface area contributed by atoms with Gasteiger partial charge in [-0.3, -0.25) is 10.3 Å². The zero-order valence-electron chi connectivity index (χ0n) is 13.5. The van der Waals surface area contributed by atoms with Crippen LogP contribution in [0.15, 0.2) is 18.2 Å². The number of nitrogen functional groups attached to an aromatic ring is 1. The van der Waals surface area contributed by atoms with Crippen LogP contribution in [0.2, 0.25) is 0 Å². The quantitative estimate of drug-likeness (QED) is 0.540. The summed E-state index contributed by atoms with van der Waals surface area (Å²) in [5.41, 5.74) is 7.33. The molecule has 0 radical (unpaired) electrons. The summed E-state index contributed by atoms with van der Waals surface area (Å²) >= 11 is 0. The first-order valence-corrected chi connectivity index (χ1v) is 7.20. The van der Waals surface area contributed by atoms with Gasteiger partial charge in [0, 0.05) is 26.7 Å². The second-order valence-corrected chi connectivity index (χ2v) is 5.57. The van der Waals surface area contributed by atoms with Gasteiger partial charge >= 0.3 is 0 Å². The van der Waals surface area contributed by atoms with E-state index in [1.807, 2.05) is 18.2 Å². The SMILES string of the molecule is COCCN(Cc1ccc(C(=N)N)c(OC)c1)CC(C)C. The Hall–Kier alpha value is -1.59. The predicted molar refractivity (Wildman–Crippen MR) is 86.0 cm³/mol. The van der Waals surface area contributed by atoms with E-state index in [0.717, 1.165) is 31.8 Å². The fourth-order valence-corrected chi connectivity index (χ4v) is 2.29. The maximum Gasteiger partial charge on any atom is 0.130 e. The summed E-state index contributed by atoms with van der Waals surface area (Å²) in [5.74, 6) is 1.27. The van der Waals surface area contributed by atoms with E-state index in [1.165, 1.54) is 0 Å². The van der Waals surface area contributed by atoms with Crippen molar-refractivity contribution in [2.45, 2.75) is 20.4 Å². The molecule has 0 fully saturated rings. The summed E-state index contributed by atoms with van der Waals surface area (Å²) in [6.45, 7) is 7.87. The summed E-state index contributed by atoms with van der Waals surface area (Å²) < 4.78 is 10.5. The predicted octanol–water partition coefficient (Wildman–Crippen LogP) is 2.08. The summed E-state index contributed by atoms with van der Waals surface area (Å²) in [6.07, 6.45) is 0. The average Bonchev–Trinajstić information content (AvgIpc) is 2.43. The third-order valence-corrected chi connectivity index (χ3v) is 3.20. The van der Waals surface area contributed by atoms with Gasteiger partial charge in [0.15, 0.2) is 0 Å². The molecule has 3 N–H and O–H groups in total. The second kappa shape index (κ2) is 8.64. The van der Waals surface area contributed by atoms with Crippen LogP contribution in [0.1, 0.15) is 25.0 Å². The lowest BCUT2D eigenvalue weighted by molar-refractivity contribution is 0.136. The maximum atomic E-state index is 7.55. The molecule has 0 aliphatic heterocycles. The molecule has 1 rings (SSSR count). The molecule has 0 amide bonds. The Morgan fingerprint density at radius 3 is 2.57 bits per heavy atom. The average molecular weight is 293 g/mol. The third-order valence-electron chi connectivity index (χ3n) is 3.20. The van der Waals surface area contributed by atoms with E-state index in [4.69, 9.17) is 20.6 Å². The molecule has 0 spiro atoms. The van der Waals surface area contributed by atoms with Crippen molar-refractivity contribution in [1.82, 2.24) is 4.90 Å². The molecule has 1 aromatic carbocycles. The summed E-state index contributed by atoms with van der Waals surface area (Å²) in [6, 6.07) is 5.80. The number of nitrogens with two attached hydrogens (primary N) is 1. The van der Waals surface area contributed by atoms with Crippen molar-refractivity contribution < 1.29 is 9.47 Å². The zero-order chi connectivity index (χ0) is 15.8. The second-order valence-electron chi connectivity index (χ2n) is 5.57. The Bertz CT molecular complexity index is 461. The fraction of sp³-hybridized carbons (Fsp3) is 0.562. The standard InChI is InChI=1S/C16H27N3O2/c1-12(2)10-19(7-8-20-3)11-13-5-6-14(16(17)18)15(9-13)21-4/h5-6,9,12H,7-8,10-11H2,1-4H3,(H3,17,18). The number of benzene rings is 1. The van der Waals surface area contributed by atoms with Gasteiger partial charge in [-0.1, -0.05) is 19.9 Å². The van der Waals surface area contributed by atoms with Gasteiger partial charge in [0.25, 0.3) is 0 Å². The number of methoxy groups -OCH3 is 2. The number of ether oxygens (including phenoxy) is 2. The van der Waals surface area contributed by atoms with Gasteiger partial charge in [-0.2, -0.15) is 0 Å². The molecule has 0 atom stereocenters. The van der Waals surface area contributed by atoms with Gasteiger partial charge in [0.1, 0.15) is 11.6 Å². The summed E-state index contributed by atoms with van der Waals surface area (Å²) in [7, 11) is 3.32. The van der Waals surface area contributed by atoms with Crippen LogP contribution in [0.3, 0.4) is 0 Å². The van der Waals surface area contributed by atoms with Crippen molar-refractivity contribution in [1.29, 1.82) is 5.41 Å². The highest BCUT2D eigenvalue weighted by atomic mass is 16.5. The van der Waals surface area contributed by atoms with Crippen molar-refractivity contribution >= 4 is 5.84 Å². The molecular weight excluding hydrogens is 266 g/mol. The van der Waals surface area contributed by atoms with E-state index >= 15 is 0 Å². The van der Waals surface area contributed by atoms with Crippen molar-refractivity contribution in [3.63, 3.8) is 0 Å². The minimum atomic E-state index is 0.0248. The largest absolute Gasteiger partial charge is 0.496 e. The fourth-order valence-electron chi connectivity index (χ4n) is 2.29. The Labute approximate surface area is 127 Å². The molecule has 1 aromatic rings. The third kappa shape index (κ3) is 5.73. The van der Waals surface area contributed by atoms with Crippen LogP contribution in [-0.4, -0.2) is 44.7 Å². The summed E-state index contributed by atoms with van der Waals surface area (Å²) in [5, 5.41) is 7.55. The smallest absolute Gasteiger partial charge is 0.130 e. The normalized spacial score (nSPS) is 11.1. The molecule has 0 saturated carbocycles. The van der Waals surface area contributed by atoms with Gasteiger partial charge in [0.05, 0.1) is 19.3 Å². The number of nitrogens with zero attached hydrogens (tertiary/aromatic N) is 1. The molecule has 5 heteroatoms. The molecule has 0 heterocycles. The zero-order valence-corrected chi connectivity index (χ0v) is 13.5. The van der Waals surface area contributed by atoms with Gasteiger partial charge < -0.3 is 15.2 Å². The van der Waals surface area contributed by atoms with Crippen LogP contribution in [0.5, 0.6) is 5.75 Å². The topological polar surface area (TPSA) is 71.6 Å². The Balaban J connectivity index is 2.85. The molecule has 0 aliphatic rings. The van der Waals surface area contributed by atoms with E-state index in [-0.39, 0.29) is 5.84 Å². The van der Waals surface area contributed by atoms with E-state index in [9.17, 15) is 0 Å². The first kappa shape index (κ1) is 17.5. The highest BCUT2D eigenvalue weighted by Gasteiger charge is 2.11. The molecule has 5 nitrogen and oxygen atoms in total. The number of hydrogen-bond acceptors (Lipinski definition) is 4. The van der Waals surface area contributed by atoms with Crippen molar-refractivity contribution in [3.05, 3.63) is 29.3 Å². The highest BCUT2D eigenvalue weighted by Crippen LogP contribution is 2.21. The Morgan fingerprint density at radius 2 is 2.05 bits per heavy atom. The molecule has 0 aliphatic carbocycles. The number of nitrogens with one attached hydrogen (secondary N) is 1. The first-order chi connectivity index (χ1) is 9.97. The maximum absolute atomic E-state index is 7.55. The van der Waals surface area contributed by atoms with Gasteiger partial charge in [-0.15, -0.1) is 0 Å². The van der Waals surface area contributed by atoms with E-state index in [0.29, 0.717) is 17.2 Å². The van der Waals surface area contributed by atoms with Gasteiger partial charge in [0.2, 0.25) is 0 Å². The van der Waals surface area contributed by atoms with Crippen molar-refractivity contribution in [2.75, 3.05) is 33.9 Å². The molecular formula is C16H27N3O2. The van der Waals surface area contributed by atoms with Crippen LogP contribution >= 0.6 is 0 Å². The van der Waals surface area contributed by atoms with Crippen LogP contribution in [0, 0.1) is 11.3 Å². The lowest BCUT2D eigenvalue weighted by Gasteiger charge is -2.24.